The number of carbonyl (C=O) groups is 1. The van der Waals surface area contributed by atoms with Crippen LogP contribution in [0.3, 0.4) is 0 Å². The molecule has 2 heterocycles. The smallest absolute Gasteiger partial charge is 0.269 e. The summed E-state index contributed by atoms with van der Waals surface area (Å²) in [4.78, 5) is 15.0. The van der Waals surface area contributed by atoms with Gasteiger partial charge >= 0.3 is 0 Å². The average Bonchev–Trinajstić information content (AvgIpc) is 2.87. The Morgan fingerprint density at radius 1 is 1.63 bits per heavy atom. The zero-order valence-corrected chi connectivity index (χ0v) is 10.2. The molecule has 1 saturated heterocycles. The Hall–Kier alpha value is -1.95. The fraction of sp³-hybridized carbons (Fsp3) is 0.545. The number of carbonyl (C=O) groups excluding carboxylic acids is 1. The van der Waals surface area contributed by atoms with Gasteiger partial charge in [-0.15, -0.1) is 0 Å². The lowest BCUT2D eigenvalue weighted by Gasteiger charge is -2.18. The molecular weight excluding hydrogens is 252 g/mol. The predicted octanol–water partition coefficient (Wildman–Crippen LogP) is -1.31. The van der Waals surface area contributed by atoms with Gasteiger partial charge in [0, 0.05) is 0 Å². The number of hydrogen-bond acceptors (Lipinski definition) is 6. The molecule has 1 fully saturated rings. The van der Waals surface area contributed by atoms with Gasteiger partial charge < -0.3 is 25.3 Å². The Labute approximate surface area is 109 Å². The summed E-state index contributed by atoms with van der Waals surface area (Å²) in [5, 5.41) is 28.4. The number of rotatable bonds is 3. The number of nitriles is 1. The van der Waals surface area contributed by atoms with Crippen LogP contribution in [0, 0.1) is 11.3 Å². The fourth-order valence-corrected chi connectivity index (χ4v) is 2.12. The van der Waals surface area contributed by atoms with Crippen molar-refractivity contribution in [1.29, 1.82) is 5.26 Å². The first kappa shape index (κ1) is 13.5. The van der Waals surface area contributed by atoms with Crippen molar-refractivity contribution < 1.29 is 19.7 Å². The van der Waals surface area contributed by atoms with Crippen molar-refractivity contribution in [1.82, 2.24) is 9.55 Å². The Morgan fingerprint density at radius 3 is 2.79 bits per heavy atom. The molecule has 19 heavy (non-hydrogen) atoms. The van der Waals surface area contributed by atoms with E-state index >= 15 is 0 Å². The molecule has 1 aromatic heterocycles. The normalized spacial score (nSPS) is 30.2. The molecule has 4 atom stereocenters. The van der Waals surface area contributed by atoms with Crippen LogP contribution in [0.25, 0.3) is 0 Å². The van der Waals surface area contributed by atoms with Gasteiger partial charge in [0.15, 0.2) is 6.23 Å². The molecular formula is C11H14N4O4. The lowest BCUT2D eigenvalue weighted by molar-refractivity contribution is -0.0334. The maximum atomic E-state index is 11.2. The Morgan fingerprint density at radius 2 is 2.32 bits per heavy atom. The molecule has 1 amide bonds. The highest BCUT2D eigenvalue weighted by Crippen LogP contribution is 2.30. The number of primary amides is 1. The minimum absolute atomic E-state index is 0.0357. The largest absolute Gasteiger partial charge is 0.388 e. The van der Waals surface area contributed by atoms with E-state index in [1.54, 1.807) is 6.92 Å². The van der Waals surface area contributed by atoms with E-state index in [1.807, 2.05) is 6.07 Å². The predicted molar refractivity (Wildman–Crippen MR) is 61.7 cm³/mol. The SMILES string of the molecule is C[C@H]1O[C@@H](n2cnc(C(N)=O)c2CC#N)[C@H](O)[C@@H]1O. The van der Waals surface area contributed by atoms with Crippen molar-refractivity contribution in [2.75, 3.05) is 0 Å². The first-order chi connectivity index (χ1) is 8.97. The van der Waals surface area contributed by atoms with Crippen molar-refractivity contribution in [2.24, 2.45) is 5.73 Å². The highest BCUT2D eigenvalue weighted by Gasteiger charge is 2.42. The van der Waals surface area contributed by atoms with Gasteiger partial charge in [0.25, 0.3) is 5.91 Å². The van der Waals surface area contributed by atoms with E-state index < -0.39 is 30.4 Å². The molecule has 0 spiro atoms. The van der Waals surface area contributed by atoms with Crippen LogP contribution >= 0.6 is 0 Å². The summed E-state index contributed by atoms with van der Waals surface area (Å²) < 4.78 is 6.78. The molecule has 2 rings (SSSR count). The number of imidazole rings is 1. The highest BCUT2D eigenvalue weighted by molar-refractivity contribution is 5.92. The first-order valence-corrected chi connectivity index (χ1v) is 5.71. The van der Waals surface area contributed by atoms with E-state index in [-0.39, 0.29) is 17.8 Å². The second kappa shape index (κ2) is 4.97. The number of nitrogens with two attached hydrogens (primary N) is 1. The molecule has 0 bridgehead atoms. The molecule has 102 valence electrons. The summed E-state index contributed by atoms with van der Waals surface area (Å²) in [6.07, 6.45) is -2.49. The standard InChI is InChI=1S/C11H14N4O4/c1-5-8(16)9(17)11(19-5)15-4-14-7(10(13)18)6(15)2-3-12/h4-5,8-9,11,16-17H,2H2,1H3,(H2,13,18)/t5-,8-,9-,11-/m1/s1. The topological polar surface area (TPSA) is 134 Å². The minimum Gasteiger partial charge on any atom is -0.388 e. The number of aromatic nitrogens is 2. The van der Waals surface area contributed by atoms with Crippen LogP contribution in [0.5, 0.6) is 0 Å². The van der Waals surface area contributed by atoms with E-state index in [1.165, 1.54) is 10.9 Å². The molecule has 0 unspecified atom stereocenters. The van der Waals surface area contributed by atoms with Crippen LogP contribution in [-0.2, 0) is 11.2 Å². The van der Waals surface area contributed by atoms with Gasteiger partial charge in [-0.1, -0.05) is 0 Å². The molecule has 0 saturated carbocycles. The zero-order valence-electron chi connectivity index (χ0n) is 10.2. The van der Waals surface area contributed by atoms with Crippen LogP contribution in [0.1, 0.15) is 29.3 Å². The number of ether oxygens (including phenoxy) is 1. The van der Waals surface area contributed by atoms with Crippen LogP contribution < -0.4 is 5.73 Å². The summed E-state index contributed by atoms with van der Waals surface area (Å²) >= 11 is 0. The highest BCUT2D eigenvalue weighted by atomic mass is 16.6. The lowest BCUT2D eigenvalue weighted by Crippen LogP contribution is -2.30. The molecule has 0 aromatic carbocycles. The monoisotopic (exact) mass is 266 g/mol. The van der Waals surface area contributed by atoms with Crippen molar-refractivity contribution in [3.05, 3.63) is 17.7 Å². The third kappa shape index (κ3) is 2.19. The Balaban J connectivity index is 2.41. The van der Waals surface area contributed by atoms with Gasteiger partial charge in [-0.05, 0) is 6.92 Å². The van der Waals surface area contributed by atoms with Crippen LogP contribution in [0.4, 0.5) is 0 Å². The van der Waals surface area contributed by atoms with Crippen LogP contribution in [-0.4, -0.2) is 44.0 Å². The summed E-state index contributed by atoms with van der Waals surface area (Å²) in [6, 6.07) is 1.90. The van der Waals surface area contributed by atoms with Gasteiger partial charge in [-0.2, -0.15) is 5.26 Å². The van der Waals surface area contributed by atoms with Gasteiger partial charge in [0.05, 0.1) is 30.6 Å². The number of nitrogens with zero attached hydrogens (tertiary/aromatic N) is 3. The van der Waals surface area contributed by atoms with E-state index in [0.717, 1.165) is 0 Å². The third-order valence-corrected chi connectivity index (χ3v) is 3.13. The zero-order chi connectivity index (χ0) is 14.2. The quantitative estimate of drug-likeness (QED) is 0.621. The van der Waals surface area contributed by atoms with Gasteiger partial charge in [-0.3, -0.25) is 4.79 Å². The summed E-state index contributed by atoms with van der Waals surface area (Å²) in [5.41, 5.74) is 5.40. The molecule has 1 aromatic rings. The molecule has 1 aliphatic heterocycles. The Bertz CT molecular complexity index is 535. The van der Waals surface area contributed by atoms with Gasteiger partial charge in [-0.25, -0.2) is 4.98 Å². The van der Waals surface area contributed by atoms with Crippen LogP contribution in [0.15, 0.2) is 6.33 Å². The fourth-order valence-electron chi connectivity index (χ4n) is 2.12. The summed E-state index contributed by atoms with van der Waals surface area (Å²) in [5.74, 6) is -0.759. The first-order valence-electron chi connectivity index (χ1n) is 5.71. The van der Waals surface area contributed by atoms with E-state index in [4.69, 9.17) is 15.7 Å². The van der Waals surface area contributed by atoms with Crippen molar-refractivity contribution in [3.63, 3.8) is 0 Å². The lowest BCUT2D eigenvalue weighted by atomic mass is 10.1. The molecule has 8 heteroatoms. The second-order valence-corrected chi connectivity index (χ2v) is 4.36. The van der Waals surface area contributed by atoms with E-state index in [2.05, 4.69) is 4.98 Å². The van der Waals surface area contributed by atoms with Crippen molar-refractivity contribution >= 4 is 5.91 Å². The van der Waals surface area contributed by atoms with E-state index in [9.17, 15) is 15.0 Å². The summed E-state index contributed by atoms with van der Waals surface area (Å²) in [7, 11) is 0. The van der Waals surface area contributed by atoms with Gasteiger partial charge in [0.2, 0.25) is 0 Å². The van der Waals surface area contributed by atoms with Gasteiger partial charge in [0.1, 0.15) is 17.9 Å². The van der Waals surface area contributed by atoms with Crippen LogP contribution in [0.2, 0.25) is 0 Å². The molecule has 4 N–H and O–H groups in total. The van der Waals surface area contributed by atoms with Crippen molar-refractivity contribution in [3.8, 4) is 6.07 Å². The summed E-state index contributed by atoms with van der Waals surface area (Å²) in [6.45, 7) is 1.61. The number of aliphatic hydroxyl groups is 2. The number of hydrogen-bond donors (Lipinski definition) is 3. The van der Waals surface area contributed by atoms with Crippen molar-refractivity contribution in [2.45, 2.75) is 37.9 Å². The molecule has 0 radical (unpaired) electrons. The maximum absolute atomic E-state index is 11.2. The third-order valence-electron chi connectivity index (χ3n) is 3.13. The average molecular weight is 266 g/mol. The molecule has 1 aliphatic rings. The number of amides is 1. The minimum atomic E-state index is -1.16. The second-order valence-electron chi connectivity index (χ2n) is 4.36. The van der Waals surface area contributed by atoms with E-state index in [0.29, 0.717) is 0 Å². The maximum Gasteiger partial charge on any atom is 0.269 e. The molecule has 8 nitrogen and oxygen atoms in total. The Kier molecular flexibility index (Phi) is 3.53. The molecule has 0 aliphatic carbocycles. The number of aliphatic hydroxyl groups excluding tert-OH is 2.